The summed E-state index contributed by atoms with van der Waals surface area (Å²) in [5, 5.41) is 8.14. The van der Waals surface area contributed by atoms with E-state index in [9.17, 15) is 0 Å². The van der Waals surface area contributed by atoms with E-state index in [0.29, 0.717) is 19.0 Å². The van der Waals surface area contributed by atoms with E-state index in [1.54, 1.807) is 7.11 Å². The predicted molar refractivity (Wildman–Crippen MR) is 72.7 cm³/mol. The third-order valence-corrected chi connectivity index (χ3v) is 3.58. The summed E-state index contributed by atoms with van der Waals surface area (Å²) in [6, 6.07) is 1.99. The number of anilines is 1. The van der Waals surface area contributed by atoms with Gasteiger partial charge in [-0.15, -0.1) is 0 Å². The number of aromatic nitrogens is 2. The van der Waals surface area contributed by atoms with Gasteiger partial charge in [-0.1, -0.05) is 0 Å². The highest BCUT2D eigenvalue weighted by Gasteiger charge is 2.46. The molecule has 108 valence electrons. The van der Waals surface area contributed by atoms with Gasteiger partial charge in [-0.2, -0.15) is 10.2 Å². The summed E-state index contributed by atoms with van der Waals surface area (Å²) in [7, 11) is 1.65. The lowest BCUT2D eigenvalue weighted by Gasteiger charge is -2.35. The summed E-state index contributed by atoms with van der Waals surface area (Å²) in [5.74, 6) is 1.62. The number of rotatable bonds is 4. The van der Waals surface area contributed by atoms with Crippen LogP contribution in [-0.4, -0.2) is 48.5 Å². The fourth-order valence-corrected chi connectivity index (χ4v) is 2.36. The van der Waals surface area contributed by atoms with E-state index >= 15 is 0 Å². The van der Waals surface area contributed by atoms with Crippen LogP contribution in [0.1, 0.15) is 18.4 Å². The zero-order chi connectivity index (χ0) is 14.2. The molecule has 1 atom stereocenters. The van der Waals surface area contributed by atoms with Crippen molar-refractivity contribution < 1.29 is 9.47 Å². The summed E-state index contributed by atoms with van der Waals surface area (Å²) in [5.41, 5.74) is 0.577. The zero-order valence-corrected chi connectivity index (χ0v) is 12.0. The molecule has 1 aromatic rings. The van der Waals surface area contributed by atoms with Gasteiger partial charge in [0.05, 0.1) is 13.2 Å². The van der Waals surface area contributed by atoms with Crippen LogP contribution in [0.25, 0.3) is 0 Å². The number of morpholine rings is 1. The van der Waals surface area contributed by atoms with Gasteiger partial charge in [0, 0.05) is 25.4 Å². The van der Waals surface area contributed by atoms with E-state index < -0.39 is 0 Å². The summed E-state index contributed by atoms with van der Waals surface area (Å²) >= 11 is 0. The molecule has 7 heteroatoms. The zero-order valence-electron chi connectivity index (χ0n) is 12.0. The Bertz CT molecular complexity index is 527. The third kappa shape index (κ3) is 2.64. The molecule has 1 saturated heterocycles. The van der Waals surface area contributed by atoms with E-state index in [2.05, 4.69) is 25.1 Å². The molecule has 3 rings (SSSR count). The lowest BCUT2D eigenvalue weighted by atomic mass is 10.1. The lowest BCUT2D eigenvalue weighted by molar-refractivity contribution is 0.0153. The van der Waals surface area contributed by atoms with Crippen molar-refractivity contribution in [1.29, 1.82) is 0 Å². The first kappa shape index (κ1) is 13.4. The quantitative estimate of drug-likeness (QED) is 0.830. The van der Waals surface area contributed by atoms with Gasteiger partial charge in [0.25, 0.3) is 0 Å². The Labute approximate surface area is 118 Å². The Kier molecular flexibility index (Phi) is 3.39. The summed E-state index contributed by atoms with van der Waals surface area (Å²) in [6.45, 7) is 6.60. The van der Waals surface area contributed by atoms with Gasteiger partial charge in [0.15, 0.2) is 5.82 Å². The molecule has 2 aliphatic rings. The van der Waals surface area contributed by atoms with Gasteiger partial charge in [-0.05, 0) is 13.8 Å². The summed E-state index contributed by atoms with van der Waals surface area (Å²) in [4.78, 5) is 11.1. The highest BCUT2D eigenvalue weighted by Crippen LogP contribution is 2.35. The number of methoxy groups -OCH3 is 1. The first-order valence-electron chi connectivity index (χ1n) is 6.75. The summed E-state index contributed by atoms with van der Waals surface area (Å²) in [6.07, 6.45) is -0.00241. The number of hydrogen-bond donors (Lipinski definition) is 0. The molecule has 0 spiro atoms. The van der Waals surface area contributed by atoms with Gasteiger partial charge in [0.1, 0.15) is 18.5 Å². The van der Waals surface area contributed by atoms with E-state index in [1.165, 1.54) is 0 Å². The molecule has 0 aromatic carbocycles. The first-order valence-corrected chi connectivity index (χ1v) is 6.75. The maximum atomic E-state index is 5.77. The van der Waals surface area contributed by atoms with Crippen LogP contribution in [0, 0.1) is 6.92 Å². The Morgan fingerprint density at radius 1 is 1.45 bits per heavy atom. The van der Waals surface area contributed by atoms with Crippen LogP contribution in [0.15, 0.2) is 16.3 Å². The molecule has 1 fully saturated rings. The molecular formula is C13H19N5O2. The number of aryl methyl sites for hydroxylation is 1. The average Bonchev–Trinajstić information content (AvgIpc) is 3.18. The van der Waals surface area contributed by atoms with Gasteiger partial charge in [0.2, 0.25) is 5.66 Å². The lowest BCUT2D eigenvalue weighted by Crippen LogP contribution is -2.48. The molecule has 0 saturated carbocycles. The molecule has 0 aliphatic carbocycles. The second-order valence-electron chi connectivity index (χ2n) is 5.32. The van der Waals surface area contributed by atoms with E-state index in [-0.39, 0.29) is 11.8 Å². The Morgan fingerprint density at radius 3 is 2.95 bits per heavy atom. The van der Waals surface area contributed by atoms with Crippen molar-refractivity contribution in [1.82, 2.24) is 9.97 Å². The minimum atomic E-state index is -0.365. The maximum Gasteiger partial charge on any atom is 0.215 e. The fraction of sp³-hybridized carbons (Fsp3) is 0.692. The summed E-state index contributed by atoms with van der Waals surface area (Å²) < 4.78 is 10.9. The van der Waals surface area contributed by atoms with Crippen LogP contribution in [0.3, 0.4) is 0 Å². The Morgan fingerprint density at radius 2 is 2.25 bits per heavy atom. The van der Waals surface area contributed by atoms with Gasteiger partial charge >= 0.3 is 0 Å². The average molecular weight is 277 g/mol. The number of hydrogen-bond acceptors (Lipinski definition) is 7. The van der Waals surface area contributed by atoms with Crippen molar-refractivity contribution in [3.05, 3.63) is 17.6 Å². The van der Waals surface area contributed by atoms with Crippen LogP contribution >= 0.6 is 0 Å². The van der Waals surface area contributed by atoms with Crippen molar-refractivity contribution in [3.8, 4) is 0 Å². The molecule has 0 amide bonds. The molecule has 0 bridgehead atoms. The fourth-order valence-electron chi connectivity index (χ4n) is 2.36. The monoisotopic (exact) mass is 277 g/mol. The smallest absolute Gasteiger partial charge is 0.215 e. The molecule has 2 aliphatic heterocycles. The molecule has 0 N–H and O–H groups in total. The molecule has 1 unspecified atom stereocenters. The van der Waals surface area contributed by atoms with Crippen molar-refractivity contribution in [3.63, 3.8) is 0 Å². The second-order valence-corrected chi connectivity index (χ2v) is 5.32. The Hall–Kier alpha value is -1.60. The van der Waals surface area contributed by atoms with Crippen LogP contribution < -0.4 is 4.90 Å². The molecule has 0 radical (unpaired) electrons. The van der Waals surface area contributed by atoms with Crippen LogP contribution in [0.2, 0.25) is 0 Å². The highest BCUT2D eigenvalue weighted by molar-refractivity contribution is 5.40. The van der Waals surface area contributed by atoms with Crippen LogP contribution in [0.4, 0.5) is 5.82 Å². The highest BCUT2D eigenvalue weighted by atomic mass is 16.5. The molecule has 20 heavy (non-hydrogen) atoms. The molecular weight excluding hydrogens is 258 g/mol. The van der Waals surface area contributed by atoms with E-state index in [1.807, 2.05) is 19.9 Å². The van der Waals surface area contributed by atoms with Crippen LogP contribution in [0.5, 0.6) is 0 Å². The standard InChI is InChI=1S/C13H19N5O2/c1-9-6-12(15-11(14-9)8-19-3)18-4-5-20-10(7-18)13(2)16-17-13/h6,10H,4-5,7-8H2,1-3H3. The van der Waals surface area contributed by atoms with Crippen molar-refractivity contribution >= 4 is 5.82 Å². The SMILES string of the molecule is COCc1nc(C)cc(N2CCOC(C3(C)N=N3)C2)n1. The van der Waals surface area contributed by atoms with E-state index in [0.717, 1.165) is 24.6 Å². The van der Waals surface area contributed by atoms with Crippen LogP contribution in [-0.2, 0) is 16.1 Å². The first-order chi connectivity index (χ1) is 9.60. The molecule has 1 aromatic heterocycles. The van der Waals surface area contributed by atoms with Crippen molar-refractivity contribution in [2.45, 2.75) is 32.2 Å². The minimum Gasteiger partial charge on any atom is -0.377 e. The largest absolute Gasteiger partial charge is 0.377 e. The topological polar surface area (TPSA) is 72.2 Å². The van der Waals surface area contributed by atoms with Gasteiger partial charge in [-0.3, -0.25) is 0 Å². The van der Waals surface area contributed by atoms with Gasteiger partial charge < -0.3 is 14.4 Å². The van der Waals surface area contributed by atoms with Crippen molar-refractivity contribution in [2.24, 2.45) is 10.2 Å². The number of nitrogens with zero attached hydrogens (tertiary/aromatic N) is 5. The molecule has 3 heterocycles. The third-order valence-electron chi connectivity index (χ3n) is 3.58. The normalized spacial score (nSPS) is 23.9. The Balaban J connectivity index is 1.77. The van der Waals surface area contributed by atoms with Crippen molar-refractivity contribution in [2.75, 3.05) is 31.7 Å². The number of ether oxygens (including phenoxy) is 2. The van der Waals surface area contributed by atoms with E-state index in [4.69, 9.17) is 9.47 Å². The second kappa shape index (κ2) is 5.06. The molecule has 7 nitrogen and oxygen atoms in total. The predicted octanol–water partition coefficient (Wildman–Crippen LogP) is 1.32. The maximum absolute atomic E-state index is 5.77. The van der Waals surface area contributed by atoms with Gasteiger partial charge in [-0.25, -0.2) is 9.97 Å². The minimum absolute atomic E-state index is 0.00241.